The van der Waals surface area contributed by atoms with Crippen molar-refractivity contribution in [3.05, 3.63) is 48.0 Å². The van der Waals surface area contributed by atoms with Crippen LogP contribution in [0.3, 0.4) is 0 Å². The molecule has 29 heavy (non-hydrogen) atoms. The van der Waals surface area contributed by atoms with Crippen LogP contribution in [0, 0.1) is 0 Å². The van der Waals surface area contributed by atoms with Crippen molar-refractivity contribution in [2.45, 2.75) is 25.8 Å². The van der Waals surface area contributed by atoms with Gasteiger partial charge in [-0.3, -0.25) is 10.1 Å². The number of nitrogens with one attached hydrogen (secondary N) is 1. The van der Waals surface area contributed by atoms with Crippen molar-refractivity contribution >= 4 is 22.9 Å². The van der Waals surface area contributed by atoms with Crippen LogP contribution in [0.4, 0.5) is 5.95 Å². The molecule has 0 saturated carbocycles. The fourth-order valence-corrected chi connectivity index (χ4v) is 4.03. The van der Waals surface area contributed by atoms with Crippen LogP contribution in [0.1, 0.15) is 29.6 Å². The fraction of sp³-hybridized carbons (Fsp3) is 0.364. The normalized spacial score (nSPS) is 16.3. The lowest BCUT2D eigenvalue weighted by molar-refractivity contribution is 0.102. The second-order valence-corrected chi connectivity index (χ2v) is 7.50. The Morgan fingerprint density at radius 2 is 1.83 bits per heavy atom. The zero-order valence-corrected chi connectivity index (χ0v) is 16.3. The smallest absolute Gasteiger partial charge is 0.258 e. The van der Waals surface area contributed by atoms with Gasteiger partial charge < -0.3 is 18.9 Å². The lowest BCUT2D eigenvalue weighted by Gasteiger charge is -2.26. The summed E-state index contributed by atoms with van der Waals surface area (Å²) in [5.41, 5.74) is 2.43. The Morgan fingerprint density at radius 1 is 1.00 bits per heavy atom. The van der Waals surface area contributed by atoms with Gasteiger partial charge in [-0.05, 0) is 56.3 Å². The van der Waals surface area contributed by atoms with Crippen LogP contribution in [-0.4, -0.2) is 46.8 Å². The van der Waals surface area contributed by atoms with Crippen molar-refractivity contribution in [3.8, 4) is 11.5 Å². The van der Waals surface area contributed by atoms with E-state index in [-0.39, 0.29) is 12.7 Å². The Bertz CT molecular complexity index is 1040. The summed E-state index contributed by atoms with van der Waals surface area (Å²) >= 11 is 0. The van der Waals surface area contributed by atoms with E-state index in [0.29, 0.717) is 23.0 Å². The molecule has 0 unspecified atom stereocenters. The van der Waals surface area contributed by atoms with Gasteiger partial charge in [0.1, 0.15) is 0 Å². The average molecular weight is 392 g/mol. The van der Waals surface area contributed by atoms with Crippen molar-refractivity contribution < 1.29 is 14.3 Å². The molecule has 3 heterocycles. The van der Waals surface area contributed by atoms with Gasteiger partial charge in [-0.15, -0.1) is 0 Å². The molecule has 0 bridgehead atoms. The Labute approximate surface area is 169 Å². The highest BCUT2D eigenvalue weighted by Gasteiger charge is 2.19. The number of ether oxygens (including phenoxy) is 2. The summed E-state index contributed by atoms with van der Waals surface area (Å²) in [7, 11) is 0. The summed E-state index contributed by atoms with van der Waals surface area (Å²) in [6, 6.07) is 13.2. The lowest BCUT2D eigenvalue weighted by Crippen LogP contribution is -2.32. The van der Waals surface area contributed by atoms with E-state index < -0.39 is 0 Å². The van der Waals surface area contributed by atoms with Gasteiger partial charge in [-0.25, -0.2) is 4.98 Å². The summed E-state index contributed by atoms with van der Waals surface area (Å²) in [5, 5.41) is 2.99. The number of piperidine rings is 1. The van der Waals surface area contributed by atoms with Crippen LogP contribution in [0.5, 0.6) is 11.5 Å². The van der Waals surface area contributed by atoms with E-state index in [1.807, 2.05) is 18.2 Å². The quantitative estimate of drug-likeness (QED) is 0.720. The molecule has 2 aliphatic rings. The molecule has 7 heteroatoms. The Balaban J connectivity index is 1.39. The minimum Gasteiger partial charge on any atom is -0.454 e. The highest BCUT2D eigenvalue weighted by Crippen LogP contribution is 2.32. The van der Waals surface area contributed by atoms with Crippen LogP contribution in [-0.2, 0) is 6.54 Å². The van der Waals surface area contributed by atoms with Crippen LogP contribution >= 0.6 is 0 Å². The SMILES string of the molecule is O=C(Nc1nc2ccccc2n1CCN1CCCCC1)c1ccc2c(c1)OCO2. The van der Waals surface area contributed by atoms with Crippen molar-refractivity contribution in [2.75, 3.05) is 31.7 Å². The predicted octanol–water partition coefficient (Wildman–Crippen LogP) is 3.50. The van der Waals surface area contributed by atoms with E-state index >= 15 is 0 Å². The van der Waals surface area contributed by atoms with Gasteiger partial charge in [0.2, 0.25) is 12.7 Å². The monoisotopic (exact) mass is 392 g/mol. The van der Waals surface area contributed by atoms with E-state index in [1.54, 1.807) is 18.2 Å². The molecule has 2 aliphatic heterocycles. The number of hydrogen-bond donors (Lipinski definition) is 1. The van der Waals surface area contributed by atoms with Crippen LogP contribution in [0.25, 0.3) is 11.0 Å². The fourth-order valence-electron chi connectivity index (χ4n) is 4.03. The van der Waals surface area contributed by atoms with E-state index in [0.717, 1.165) is 37.2 Å². The number of rotatable bonds is 5. The van der Waals surface area contributed by atoms with E-state index in [9.17, 15) is 4.79 Å². The molecule has 2 aromatic carbocycles. The van der Waals surface area contributed by atoms with Gasteiger partial charge in [0.25, 0.3) is 5.91 Å². The molecule has 1 saturated heterocycles. The predicted molar refractivity (Wildman–Crippen MR) is 111 cm³/mol. The van der Waals surface area contributed by atoms with Crippen molar-refractivity contribution in [2.24, 2.45) is 0 Å². The van der Waals surface area contributed by atoms with Gasteiger partial charge in [-0.1, -0.05) is 18.6 Å². The molecule has 7 nitrogen and oxygen atoms in total. The third-order valence-electron chi connectivity index (χ3n) is 5.60. The number of amides is 1. The first-order valence-electron chi connectivity index (χ1n) is 10.2. The number of benzene rings is 2. The first-order valence-corrected chi connectivity index (χ1v) is 10.2. The summed E-state index contributed by atoms with van der Waals surface area (Å²) in [4.78, 5) is 20.0. The molecule has 5 rings (SSSR count). The Morgan fingerprint density at radius 3 is 2.72 bits per heavy atom. The van der Waals surface area contributed by atoms with Gasteiger partial charge in [0.05, 0.1) is 11.0 Å². The molecule has 1 aromatic heterocycles. The maximum Gasteiger partial charge on any atom is 0.258 e. The molecule has 1 fully saturated rings. The summed E-state index contributed by atoms with van der Waals surface area (Å²) in [6.45, 7) is 4.22. The van der Waals surface area contributed by atoms with Crippen LogP contribution in [0.2, 0.25) is 0 Å². The molecule has 3 aromatic rings. The number of imidazole rings is 1. The first kappa shape index (κ1) is 18.0. The third-order valence-corrected chi connectivity index (χ3v) is 5.60. The second kappa shape index (κ2) is 7.75. The highest BCUT2D eigenvalue weighted by atomic mass is 16.7. The number of carbonyl (C=O) groups excluding carboxylic acids is 1. The minimum absolute atomic E-state index is 0.187. The van der Waals surface area contributed by atoms with E-state index in [2.05, 4.69) is 25.8 Å². The van der Waals surface area contributed by atoms with Crippen molar-refractivity contribution in [3.63, 3.8) is 0 Å². The maximum atomic E-state index is 12.9. The summed E-state index contributed by atoms with van der Waals surface area (Å²) in [6.07, 6.45) is 3.85. The molecular weight excluding hydrogens is 368 g/mol. The number of nitrogens with zero attached hydrogens (tertiary/aromatic N) is 3. The van der Waals surface area contributed by atoms with Gasteiger partial charge in [0.15, 0.2) is 11.5 Å². The van der Waals surface area contributed by atoms with E-state index in [4.69, 9.17) is 9.47 Å². The topological polar surface area (TPSA) is 68.6 Å². The van der Waals surface area contributed by atoms with Crippen molar-refractivity contribution in [1.29, 1.82) is 0 Å². The molecule has 0 radical (unpaired) electrons. The zero-order valence-electron chi connectivity index (χ0n) is 16.3. The zero-order chi connectivity index (χ0) is 19.6. The number of carbonyl (C=O) groups is 1. The number of likely N-dealkylation sites (tertiary alicyclic amines) is 1. The lowest BCUT2D eigenvalue weighted by atomic mass is 10.1. The summed E-state index contributed by atoms with van der Waals surface area (Å²) in [5.74, 6) is 1.62. The molecule has 0 spiro atoms. The first-order chi connectivity index (χ1) is 14.3. The van der Waals surface area contributed by atoms with Gasteiger partial charge in [-0.2, -0.15) is 0 Å². The number of aromatic nitrogens is 2. The average Bonchev–Trinajstić information content (AvgIpc) is 3.36. The molecule has 0 aliphatic carbocycles. The maximum absolute atomic E-state index is 12.9. The third kappa shape index (κ3) is 3.65. The summed E-state index contributed by atoms with van der Waals surface area (Å²) < 4.78 is 12.8. The molecule has 1 N–H and O–H groups in total. The molecule has 150 valence electrons. The highest BCUT2D eigenvalue weighted by molar-refractivity contribution is 6.04. The van der Waals surface area contributed by atoms with Crippen molar-refractivity contribution in [1.82, 2.24) is 14.5 Å². The molecule has 0 atom stereocenters. The minimum atomic E-state index is -0.210. The molecule has 1 amide bonds. The second-order valence-electron chi connectivity index (χ2n) is 7.50. The van der Waals surface area contributed by atoms with Gasteiger partial charge >= 0.3 is 0 Å². The Hall–Kier alpha value is -3.06. The Kier molecular flexibility index (Phi) is 4.81. The molecular formula is C22H24N4O3. The standard InChI is InChI=1S/C22H24N4O3/c27-21(16-8-9-19-20(14-16)29-15-28-19)24-22-23-17-6-2-3-7-18(17)26(22)13-12-25-10-4-1-5-11-25/h2-3,6-9,14H,1,4-5,10-13,15H2,(H,23,24,27). The van der Waals surface area contributed by atoms with E-state index in [1.165, 1.54) is 19.3 Å². The van der Waals surface area contributed by atoms with Gasteiger partial charge in [0, 0.05) is 18.7 Å². The van der Waals surface area contributed by atoms with Crippen LogP contribution < -0.4 is 14.8 Å². The number of para-hydroxylation sites is 2. The van der Waals surface area contributed by atoms with Crippen LogP contribution in [0.15, 0.2) is 42.5 Å². The number of hydrogen-bond acceptors (Lipinski definition) is 5. The largest absolute Gasteiger partial charge is 0.454 e. The number of fused-ring (bicyclic) bond motifs is 2. The number of anilines is 1.